The maximum Gasteiger partial charge on any atom is 0.340 e. The normalized spacial score (nSPS) is 14.0. The van der Waals surface area contributed by atoms with Gasteiger partial charge in [0.25, 0.3) is 5.91 Å². The summed E-state index contributed by atoms with van der Waals surface area (Å²) >= 11 is 12.0. The van der Waals surface area contributed by atoms with Crippen molar-refractivity contribution in [3.05, 3.63) is 34.6 Å². The summed E-state index contributed by atoms with van der Waals surface area (Å²) in [5.74, 6) is -1.74. The van der Waals surface area contributed by atoms with Crippen LogP contribution in [0, 0.1) is 5.82 Å². The van der Waals surface area contributed by atoms with Crippen molar-refractivity contribution in [2.24, 2.45) is 0 Å². The maximum atomic E-state index is 12.9. The van der Waals surface area contributed by atoms with Crippen LogP contribution in [-0.4, -0.2) is 52.5 Å². The number of esters is 1. The highest BCUT2D eigenvalue weighted by Gasteiger charge is 2.26. The van der Waals surface area contributed by atoms with Gasteiger partial charge in [-0.15, -0.1) is 0 Å². The number of carbonyl (C=O) groups excluding carboxylic acids is 3. The van der Waals surface area contributed by atoms with E-state index in [0.29, 0.717) is 10.1 Å². The summed E-state index contributed by atoms with van der Waals surface area (Å²) in [7, 11) is 0. The van der Waals surface area contributed by atoms with Gasteiger partial charge in [-0.3, -0.25) is 14.5 Å². The molecule has 0 atom stereocenters. The van der Waals surface area contributed by atoms with Gasteiger partial charge in [-0.25, -0.2) is 9.18 Å². The monoisotopic (exact) mass is 390 g/mol. The molecular weight excluding hydrogens is 379 g/mol. The minimum Gasteiger partial charge on any atom is -0.452 e. The molecule has 1 aromatic carbocycles. The van der Waals surface area contributed by atoms with Crippen LogP contribution in [0.1, 0.15) is 10.4 Å². The van der Waals surface area contributed by atoms with E-state index in [9.17, 15) is 18.8 Å². The van der Waals surface area contributed by atoms with Crippen LogP contribution in [0.3, 0.4) is 0 Å². The number of amides is 2. The second-order valence-corrected chi connectivity index (χ2v) is 6.67. The van der Waals surface area contributed by atoms with E-state index in [4.69, 9.17) is 28.6 Å². The second-order valence-electron chi connectivity index (χ2n) is 4.65. The van der Waals surface area contributed by atoms with Crippen molar-refractivity contribution in [1.29, 1.82) is 0 Å². The van der Waals surface area contributed by atoms with Gasteiger partial charge in [-0.2, -0.15) is 0 Å². The smallest absolute Gasteiger partial charge is 0.340 e. The molecule has 1 fully saturated rings. The van der Waals surface area contributed by atoms with Crippen molar-refractivity contribution in [3.63, 3.8) is 0 Å². The van der Waals surface area contributed by atoms with Crippen molar-refractivity contribution in [2.45, 2.75) is 0 Å². The van der Waals surface area contributed by atoms with E-state index in [1.165, 1.54) is 22.7 Å². The molecule has 1 aliphatic rings. The lowest BCUT2D eigenvalue weighted by molar-refractivity contribution is -0.126. The van der Waals surface area contributed by atoms with Gasteiger partial charge in [0.2, 0.25) is 5.91 Å². The predicted molar refractivity (Wildman–Crippen MR) is 91.5 cm³/mol. The molecule has 1 heterocycles. The summed E-state index contributed by atoms with van der Waals surface area (Å²) in [4.78, 5) is 36.3. The van der Waals surface area contributed by atoms with Crippen molar-refractivity contribution < 1.29 is 23.5 Å². The zero-order chi connectivity index (χ0) is 17.7. The van der Waals surface area contributed by atoms with Gasteiger partial charge in [-0.05, 0) is 18.2 Å². The second kappa shape index (κ2) is 8.41. The van der Waals surface area contributed by atoms with Crippen LogP contribution < -0.4 is 5.32 Å². The molecule has 10 heteroatoms. The maximum absolute atomic E-state index is 12.9. The van der Waals surface area contributed by atoms with Crippen LogP contribution in [0.15, 0.2) is 18.2 Å². The molecule has 1 N–H and O–H groups in total. The molecule has 0 unspecified atom stereocenters. The van der Waals surface area contributed by atoms with E-state index in [1.807, 2.05) is 0 Å². The average Bonchev–Trinajstić information content (AvgIpc) is 2.84. The first-order valence-electron chi connectivity index (χ1n) is 6.74. The van der Waals surface area contributed by atoms with Gasteiger partial charge in [0.05, 0.1) is 16.3 Å². The molecule has 1 aromatic rings. The van der Waals surface area contributed by atoms with Gasteiger partial charge in [0.15, 0.2) is 6.61 Å². The number of nitrogens with zero attached hydrogens (tertiary/aromatic N) is 1. The van der Waals surface area contributed by atoms with Crippen molar-refractivity contribution in [3.8, 4) is 0 Å². The Morgan fingerprint density at radius 1 is 1.46 bits per heavy atom. The Bertz CT molecular complexity index is 685. The molecule has 2 amide bonds. The number of benzene rings is 1. The summed E-state index contributed by atoms with van der Waals surface area (Å²) in [6, 6.07) is 3.22. The molecule has 0 bridgehead atoms. The molecule has 2 rings (SSSR count). The molecule has 0 radical (unpaired) electrons. The highest BCUT2D eigenvalue weighted by atomic mass is 35.5. The van der Waals surface area contributed by atoms with E-state index in [1.54, 1.807) is 0 Å². The quantitative estimate of drug-likeness (QED) is 0.587. The number of thiocarbonyl (C=S) groups is 1. The zero-order valence-electron chi connectivity index (χ0n) is 12.2. The first-order valence-corrected chi connectivity index (χ1v) is 8.51. The fourth-order valence-electron chi connectivity index (χ4n) is 1.82. The van der Waals surface area contributed by atoms with Gasteiger partial charge in [0, 0.05) is 13.1 Å². The highest BCUT2D eigenvalue weighted by molar-refractivity contribution is 8.23. The third-order valence-electron chi connectivity index (χ3n) is 2.98. The third-order valence-corrected chi connectivity index (χ3v) is 4.73. The lowest BCUT2D eigenvalue weighted by atomic mass is 10.2. The van der Waals surface area contributed by atoms with E-state index in [0.717, 1.165) is 12.1 Å². The molecule has 1 saturated heterocycles. The molecule has 128 valence electrons. The standard InChI is InChI=1S/C14H12ClFN2O4S2/c15-10-5-8(16)1-2-9(10)13(21)22-6-11(19)17-3-4-18-12(20)7-24-14(18)23/h1-2,5H,3-4,6-7H2,(H,17,19). The molecule has 1 aliphatic heterocycles. The Balaban J connectivity index is 1.74. The third kappa shape index (κ3) is 4.89. The lowest BCUT2D eigenvalue weighted by Gasteiger charge is -2.15. The summed E-state index contributed by atoms with van der Waals surface area (Å²) in [6.07, 6.45) is 0. The molecule has 0 saturated carbocycles. The number of halogens is 2. The number of hydrogen-bond acceptors (Lipinski definition) is 6. The molecule has 6 nitrogen and oxygen atoms in total. The first kappa shape index (κ1) is 18.6. The van der Waals surface area contributed by atoms with Crippen molar-refractivity contribution in [1.82, 2.24) is 10.2 Å². The number of rotatable bonds is 6. The first-order chi connectivity index (χ1) is 11.4. The Morgan fingerprint density at radius 2 is 2.21 bits per heavy atom. The zero-order valence-corrected chi connectivity index (χ0v) is 14.6. The van der Waals surface area contributed by atoms with Crippen molar-refractivity contribution >= 4 is 57.7 Å². The van der Waals surface area contributed by atoms with Crippen molar-refractivity contribution in [2.75, 3.05) is 25.4 Å². The topological polar surface area (TPSA) is 75.7 Å². The van der Waals surface area contributed by atoms with Gasteiger partial charge in [0.1, 0.15) is 10.1 Å². The summed E-state index contributed by atoms with van der Waals surface area (Å²) in [6.45, 7) is -0.0754. The van der Waals surface area contributed by atoms with E-state index in [-0.39, 0.29) is 29.6 Å². The lowest BCUT2D eigenvalue weighted by Crippen LogP contribution is -2.38. The number of ether oxygens (including phenoxy) is 1. The Morgan fingerprint density at radius 3 is 2.83 bits per heavy atom. The fourth-order valence-corrected chi connectivity index (χ4v) is 3.19. The molecular formula is C14H12ClFN2O4S2. The molecule has 24 heavy (non-hydrogen) atoms. The van der Waals surface area contributed by atoms with Crippen LogP contribution in [0.4, 0.5) is 4.39 Å². The minimum absolute atomic E-state index is 0.0316. The molecule has 0 spiro atoms. The Kier molecular flexibility index (Phi) is 6.52. The van der Waals surface area contributed by atoms with Gasteiger partial charge in [-0.1, -0.05) is 35.6 Å². The Hall–Kier alpha value is -1.71. The van der Waals surface area contributed by atoms with Crippen LogP contribution in [0.2, 0.25) is 5.02 Å². The summed E-state index contributed by atoms with van der Waals surface area (Å²) in [5, 5.41) is 2.41. The predicted octanol–water partition coefficient (Wildman–Crippen LogP) is 1.61. The number of carbonyl (C=O) groups is 3. The van der Waals surface area contributed by atoms with E-state index >= 15 is 0 Å². The highest BCUT2D eigenvalue weighted by Crippen LogP contribution is 2.19. The number of nitrogens with one attached hydrogen (secondary N) is 1. The van der Waals surface area contributed by atoms with Crippen LogP contribution in [-0.2, 0) is 14.3 Å². The largest absolute Gasteiger partial charge is 0.452 e. The van der Waals surface area contributed by atoms with Gasteiger partial charge >= 0.3 is 5.97 Å². The van der Waals surface area contributed by atoms with E-state index in [2.05, 4.69) is 5.32 Å². The van der Waals surface area contributed by atoms with Crippen LogP contribution in [0.25, 0.3) is 0 Å². The SMILES string of the molecule is O=C(COC(=O)c1ccc(F)cc1Cl)NCCN1C(=O)CSC1=S. The van der Waals surface area contributed by atoms with E-state index < -0.39 is 24.3 Å². The average molecular weight is 391 g/mol. The number of thioether (sulfide) groups is 1. The Labute approximate surface area is 151 Å². The molecule has 0 aliphatic carbocycles. The molecule has 0 aromatic heterocycles. The van der Waals surface area contributed by atoms with Gasteiger partial charge < -0.3 is 10.1 Å². The number of hydrogen-bond donors (Lipinski definition) is 1. The fraction of sp³-hybridized carbons (Fsp3) is 0.286. The summed E-state index contributed by atoms with van der Waals surface area (Å²) in [5.41, 5.74) is -0.0316. The van der Waals surface area contributed by atoms with Crippen LogP contribution in [0.5, 0.6) is 0 Å². The van der Waals surface area contributed by atoms with Crippen LogP contribution >= 0.6 is 35.6 Å². The summed E-state index contributed by atoms with van der Waals surface area (Å²) < 4.78 is 18.2. The minimum atomic E-state index is -0.831.